The number of anilines is 2. The van der Waals surface area contributed by atoms with Gasteiger partial charge in [-0.05, 0) is 355 Å². The quantitative estimate of drug-likeness (QED) is 0.0534. The summed E-state index contributed by atoms with van der Waals surface area (Å²) >= 11 is 0. The molecule has 2 aliphatic heterocycles. The number of hydrogen-bond donors (Lipinski definition) is 0. The van der Waals surface area contributed by atoms with Crippen LogP contribution in [-0.4, -0.2) is 23.6 Å². The summed E-state index contributed by atoms with van der Waals surface area (Å²) in [7, 11) is 0. The average Bonchev–Trinajstić information content (AvgIpc) is 1.29. The average molecular weight is 1940 g/mol. The van der Waals surface area contributed by atoms with Crippen LogP contribution >= 0.6 is 0 Å². The van der Waals surface area contributed by atoms with Crippen LogP contribution in [0.3, 0.4) is 0 Å². The van der Waals surface area contributed by atoms with Crippen molar-refractivity contribution in [3.8, 4) is 68.2 Å². The van der Waals surface area contributed by atoms with Gasteiger partial charge in [0.05, 0.1) is 33.6 Å². The van der Waals surface area contributed by atoms with E-state index in [-0.39, 0.29) is 80.8 Å². The fraction of sp³-hybridized carbons (Fsp3) is 0.261. The van der Waals surface area contributed by atoms with Gasteiger partial charge in [-0.1, -0.05) is 312 Å². The maximum absolute atomic E-state index is 16.5. The molecule has 0 radical (unpaired) electrons. The molecule has 10 nitrogen and oxygen atoms in total. The number of allylic oxidation sites excluding steroid dienone is 8. The van der Waals surface area contributed by atoms with Crippen molar-refractivity contribution in [1.82, 2.24) is 0 Å². The summed E-state index contributed by atoms with van der Waals surface area (Å²) in [6, 6.07) is 78.1. The number of fused-ring (bicyclic) bond motifs is 14. The second-order valence-electron chi connectivity index (χ2n) is 48.7. The smallest absolute Gasteiger partial charge is 0.266 e. The molecule has 8 aliphatic rings. The summed E-state index contributed by atoms with van der Waals surface area (Å²) in [5, 5.41) is 12.8. The minimum Gasteiger partial charge on any atom is -0.457 e. The number of nitrogens with zero attached hydrogens (tertiary/aromatic N) is 2. The van der Waals surface area contributed by atoms with Crippen molar-refractivity contribution in [2.45, 2.75) is 223 Å². The Kier molecular flexibility index (Phi) is 21.0. The molecule has 25 rings (SSSR count). The summed E-state index contributed by atoms with van der Waals surface area (Å²) in [4.78, 5) is 68.9. The van der Waals surface area contributed by atoms with Gasteiger partial charge in [-0.25, -0.2) is 9.80 Å². The highest BCUT2D eigenvalue weighted by molar-refractivity contribution is 6.46. The third kappa shape index (κ3) is 14.4. The van der Waals surface area contributed by atoms with Gasteiger partial charge in [0, 0.05) is 55.3 Å². The van der Waals surface area contributed by atoms with E-state index in [1.165, 1.54) is 48.8 Å². The maximum Gasteiger partial charge on any atom is 0.266 e. The number of benzene rings is 17. The number of rotatable bonds is 16. The molecule has 0 bridgehead atoms. The van der Waals surface area contributed by atoms with E-state index in [0.29, 0.717) is 90.4 Å². The predicted molar refractivity (Wildman–Crippen MR) is 615 cm³/mol. The van der Waals surface area contributed by atoms with Gasteiger partial charge in [-0.3, -0.25) is 19.2 Å². The van der Waals surface area contributed by atoms with E-state index in [4.69, 9.17) is 18.9 Å². The highest BCUT2D eigenvalue weighted by Gasteiger charge is 2.52. The lowest BCUT2D eigenvalue weighted by molar-refractivity contribution is 0.0877. The van der Waals surface area contributed by atoms with Gasteiger partial charge in [-0.2, -0.15) is 0 Å². The summed E-state index contributed by atoms with van der Waals surface area (Å²) in [6.45, 7) is 52.6. The Bertz CT molecular complexity index is 8550. The standard InChI is InChI=1S/C138H124N2O8/c1-69(2)79-57-101(71(5)6)129(102(58-79)72(7)8)139-131(141)109-65-113(145-89-37-29-85(30-38-89)135(13,14)15)123-97-49-45-93-105-61-81-53-75-25-27-77-55-83-63-107-95-47-51-99-120-100(52-48-96(118(95)120)108(107)64-84(83)56-78(77)28-26-76(75)54-82(81)62-106(105)94-46-50-98(119(97)117(93)94)124-114(66-110(132(139)142)121(109)127(123)124)146-90-39-31-86(32-40-90)136(16,17)18)126-116(148-92-43-35-88(36-44-92)138(22,23)24)68-112-122-111(67-115(125(99)128(122)126)147-91-41-33-87(34-42-91)137(19,20)21)133(143)140(134(112)144)130-103(73(9)10)59-80(70(3)4)60-104(130)74(11)12/h25-74,117,119H,1-24H3. The number of ether oxygens (including phenoxy) is 4. The summed E-state index contributed by atoms with van der Waals surface area (Å²) in [5.41, 5.74) is 30.8. The first-order valence-corrected chi connectivity index (χ1v) is 53.2. The molecule has 0 N–H and O–H groups in total. The lowest BCUT2D eigenvalue weighted by Crippen LogP contribution is -2.42. The fourth-order valence-corrected chi connectivity index (χ4v) is 25.1. The van der Waals surface area contributed by atoms with E-state index in [1.807, 2.05) is 72.8 Å². The second kappa shape index (κ2) is 33.1. The lowest BCUT2D eigenvalue weighted by Gasteiger charge is -2.42. The fourth-order valence-electron chi connectivity index (χ4n) is 25.1. The van der Waals surface area contributed by atoms with Crippen LogP contribution in [0.25, 0.3) is 144 Å². The second-order valence-corrected chi connectivity index (χ2v) is 48.7. The first-order chi connectivity index (χ1) is 70.5. The normalized spacial score (nSPS) is 15.9. The molecule has 17 aromatic carbocycles. The molecule has 0 unspecified atom stereocenters. The predicted octanol–water partition coefficient (Wildman–Crippen LogP) is 37.7. The number of amides is 4. The zero-order valence-electron chi connectivity index (χ0n) is 89.2. The summed E-state index contributed by atoms with van der Waals surface area (Å²) in [6.07, 6.45) is 18.4. The Balaban J connectivity index is 0.618. The highest BCUT2D eigenvalue weighted by Crippen LogP contribution is 2.67. The Labute approximate surface area is 867 Å². The third-order valence-electron chi connectivity index (χ3n) is 33.1. The van der Waals surface area contributed by atoms with Crippen molar-refractivity contribution in [3.63, 3.8) is 0 Å². The van der Waals surface area contributed by atoms with E-state index in [0.717, 1.165) is 170 Å². The minimum absolute atomic E-state index is 0.0209. The largest absolute Gasteiger partial charge is 0.457 e. The molecule has 10 heteroatoms. The number of carbonyl (C=O) groups is 4. The van der Waals surface area contributed by atoms with E-state index in [1.54, 1.807) is 0 Å². The van der Waals surface area contributed by atoms with Crippen LogP contribution in [0.1, 0.15) is 343 Å². The SMILES string of the molecule is CC(C)c1cc(C(C)C)c(N2C(=O)c3cc(Oc4ccc(C(C)(C)C)cc4)c4c5c(c(Oc6ccc(C(C)(C)C)cc6)cc(c35)C2=O)C2=CC=C3c5cc6cc7c(cc6cc5C5=CC=C4C2C53)C=Cc2cc3cc4c(cc3cc2C=C7)-c2ccc3c5c(Oc6ccc(C(C)(C)C)cc6)cc6c7c(cc(Oc8ccc(C(C)(C)C)cc8)c(c8ccc-4c2c83)c75)C(=O)N(c2c(C(C)C)cc(C(C)C)cc2C(C)C)C6=O)c(C(C)C)c1. The van der Waals surface area contributed by atoms with Crippen molar-refractivity contribution in [1.29, 1.82) is 0 Å². The molecule has 4 amide bonds. The van der Waals surface area contributed by atoms with Gasteiger partial charge in [0.15, 0.2) is 0 Å². The van der Waals surface area contributed by atoms with Crippen LogP contribution < -0.4 is 28.7 Å². The zero-order valence-corrected chi connectivity index (χ0v) is 89.2. The van der Waals surface area contributed by atoms with Gasteiger partial charge < -0.3 is 18.9 Å². The molecule has 734 valence electrons. The molecule has 0 aromatic heterocycles. The molecule has 0 atom stereocenters. The van der Waals surface area contributed by atoms with Crippen molar-refractivity contribution < 1.29 is 38.1 Å². The number of carbonyl (C=O) groups excluding carboxylic acids is 4. The summed E-state index contributed by atoms with van der Waals surface area (Å²) in [5.74, 6) is 3.02. The lowest BCUT2D eigenvalue weighted by atomic mass is 9.62. The van der Waals surface area contributed by atoms with Crippen molar-refractivity contribution in [3.05, 3.63) is 365 Å². The zero-order chi connectivity index (χ0) is 103. The minimum atomic E-state index is -0.397. The molecule has 2 heterocycles. The third-order valence-corrected chi connectivity index (χ3v) is 33.1. The number of hydrogen-bond acceptors (Lipinski definition) is 8. The molecule has 0 fully saturated rings. The Morgan fingerprint density at radius 2 is 0.500 bits per heavy atom. The first-order valence-electron chi connectivity index (χ1n) is 53.2. The van der Waals surface area contributed by atoms with Crippen LogP contribution in [0.2, 0.25) is 0 Å². The van der Waals surface area contributed by atoms with Gasteiger partial charge in [-0.15, -0.1) is 0 Å². The monoisotopic (exact) mass is 1940 g/mol. The van der Waals surface area contributed by atoms with E-state index < -0.39 is 11.8 Å². The van der Waals surface area contributed by atoms with Crippen LogP contribution in [-0.2, 0) is 21.7 Å². The maximum atomic E-state index is 16.5. The molecule has 17 aromatic rings. The molecular formula is C138H124N2O8. The molecular weight excluding hydrogens is 1810 g/mol. The Morgan fingerprint density at radius 1 is 0.236 bits per heavy atom. The van der Waals surface area contributed by atoms with Crippen LogP contribution in [0.15, 0.2) is 243 Å². The van der Waals surface area contributed by atoms with Gasteiger partial charge in [0.25, 0.3) is 23.6 Å². The van der Waals surface area contributed by atoms with E-state index in [2.05, 4.69) is 360 Å². The molecule has 6 aliphatic carbocycles. The van der Waals surface area contributed by atoms with Crippen LogP contribution in [0, 0.1) is 11.8 Å². The van der Waals surface area contributed by atoms with Crippen molar-refractivity contribution in [2.75, 3.05) is 9.80 Å². The molecule has 0 spiro atoms. The van der Waals surface area contributed by atoms with Gasteiger partial charge in [0.2, 0.25) is 0 Å². The van der Waals surface area contributed by atoms with Crippen molar-refractivity contribution in [2.24, 2.45) is 11.8 Å². The molecule has 0 saturated carbocycles. The summed E-state index contributed by atoms with van der Waals surface area (Å²) < 4.78 is 29.7. The van der Waals surface area contributed by atoms with E-state index in [9.17, 15) is 0 Å². The molecule has 0 saturated heterocycles. The van der Waals surface area contributed by atoms with E-state index >= 15 is 19.2 Å². The molecule has 148 heavy (non-hydrogen) atoms. The van der Waals surface area contributed by atoms with Crippen LogP contribution in [0.4, 0.5) is 11.4 Å². The van der Waals surface area contributed by atoms with Crippen molar-refractivity contribution >= 4 is 157 Å². The number of imide groups is 2. The first kappa shape index (κ1) is 93.8. The topological polar surface area (TPSA) is 112 Å². The van der Waals surface area contributed by atoms with Gasteiger partial charge >= 0.3 is 0 Å². The Morgan fingerprint density at radius 3 is 0.791 bits per heavy atom. The van der Waals surface area contributed by atoms with Gasteiger partial charge in [0.1, 0.15) is 46.0 Å². The highest BCUT2D eigenvalue weighted by atomic mass is 16.5. The Hall–Kier alpha value is -15.3. The van der Waals surface area contributed by atoms with Crippen LogP contribution in [0.5, 0.6) is 46.0 Å².